The van der Waals surface area contributed by atoms with Gasteiger partial charge in [0, 0.05) is 6.54 Å². The quantitative estimate of drug-likeness (QED) is 0.809. The molecule has 2 N–H and O–H groups in total. The number of hydrogen-bond acceptors (Lipinski definition) is 4. The minimum atomic E-state index is 0. The van der Waals surface area contributed by atoms with E-state index < -0.39 is 0 Å². The van der Waals surface area contributed by atoms with Gasteiger partial charge in [0.15, 0.2) is 5.13 Å². The van der Waals surface area contributed by atoms with Crippen molar-refractivity contribution in [2.24, 2.45) is 5.92 Å². The van der Waals surface area contributed by atoms with E-state index in [1.165, 1.54) is 17.5 Å². The Labute approximate surface area is 138 Å². The minimum Gasteiger partial charge on any atom is -0.361 e. The van der Waals surface area contributed by atoms with Crippen molar-refractivity contribution in [3.63, 3.8) is 0 Å². The van der Waals surface area contributed by atoms with Crippen LogP contribution in [-0.4, -0.2) is 24.6 Å². The summed E-state index contributed by atoms with van der Waals surface area (Å²) in [4.78, 5) is 4.59. The van der Waals surface area contributed by atoms with Crippen LogP contribution < -0.4 is 10.6 Å². The van der Waals surface area contributed by atoms with Crippen LogP contribution in [-0.2, 0) is 0 Å². The second-order valence-electron chi connectivity index (χ2n) is 4.56. The molecule has 0 saturated carbocycles. The second-order valence-corrected chi connectivity index (χ2v) is 5.59. The van der Waals surface area contributed by atoms with Crippen molar-refractivity contribution in [2.45, 2.75) is 12.8 Å². The molecular weight excluding hydrogens is 390 g/mol. The molecule has 1 aliphatic rings. The molecule has 2 heterocycles. The summed E-state index contributed by atoms with van der Waals surface area (Å²) in [5, 5.41) is 7.94. The summed E-state index contributed by atoms with van der Waals surface area (Å²) in [6.45, 7) is 3.37. The van der Waals surface area contributed by atoms with E-state index in [-0.39, 0.29) is 34.0 Å². The number of aromatic nitrogens is 1. The molecule has 3 rings (SSSR count). The highest BCUT2D eigenvalue weighted by atomic mass is 79.9. The Hall–Kier alpha value is -0.170. The van der Waals surface area contributed by atoms with E-state index in [9.17, 15) is 0 Å². The number of benzene rings is 1. The van der Waals surface area contributed by atoms with E-state index in [4.69, 9.17) is 0 Å². The number of hydrogen-bond donors (Lipinski definition) is 2. The summed E-state index contributed by atoms with van der Waals surface area (Å²) in [5.74, 6) is 0.795. The van der Waals surface area contributed by atoms with Crippen molar-refractivity contribution >= 4 is 60.6 Å². The fourth-order valence-corrected chi connectivity index (χ4v) is 3.14. The van der Waals surface area contributed by atoms with Gasteiger partial charge >= 0.3 is 0 Å². The summed E-state index contributed by atoms with van der Waals surface area (Å²) >= 11 is 1.75. The summed E-state index contributed by atoms with van der Waals surface area (Å²) in [7, 11) is 0. The fraction of sp³-hybridized carbons (Fsp3) is 0.462. The molecule has 0 spiro atoms. The molecule has 1 aromatic carbocycles. The van der Waals surface area contributed by atoms with Gasteiger partial charge in [-0.25, -0.2) is 4.98 Å². The predicted octanol–water partition coefficient (Wildman–Crippen LogP) is 3.86. The third kappa shape index (κ3) is 4.41. The number of anilines is 1. The van der Waals surface area contributed by atoms with E-state index in [2.05, 4.69) is 33.8 Å². The van der Waals surface area contributed by atoms with Crippen LogP contribution in [0.2, 0.25) is 0 Å². The van der Waals surface area contributed by atoms with Crippen molar-refractivity contribution < 1.29 is 0 Å². The lowest BCUT2D eigenvalue weighted by Gasteiger charge is -2.22. The van der Waals surface area contributed by atoms with Gasteiger partial charge in [0.25, 0.3) is 0 Å². The Morgan fingerprint density at radius 1 is 1.21 bits per heavy atom. The molecule has 19 heavy (non-hydrogen) atoms. The molecule has 0 bridgehead atoms. The average Bonchev–Trinajstić information content (AvgIpc) is 2.80. The van der Waals surface area contributed by atoms with Gasteiger partial charge in [-0.3, -0.25) is 0 Å². The molecule has 3 nitrogen and oxygen atoms in total. The van der Waals surface area contributed by atoms with Gasteiger partial charge < -0.3 is 10.6 Å². The fourth-order valence-electron chi connectivity index (χ4n) is 2.27. The zero-order chi connectivity index (χ0) is 11.5. The van der Waals surface area contributed by atoms with Crippen molar-refractivity contribution in [1.82, 2.24) is 10.3 Å². The van der Waals surface area contributed by atoms with Crippen molar-refractivity contribution in [3.05, 3.63) is 24.3 Å². The lowest BCUT2D eigenvalue weighted by atomic mass is 9.98. The summed E-state index contributed by atoms with van der Waals surface area (Å²) in [6.07, 6.45) is 2.55. The van der Waals surface area contributed by atoms with Crippen LogP contribution in [0.15, 0.2) is 24.3 Å². The smallest absolute Gasteiger partial charge is 0.183 e. The molecule has 0 unspecified atom stereocenters. The Morgan fingerprint density at radius 3 is 2.68 bits per heavy atom. The van der Waals surface area contributed by atoms with Crippen molar-refractivity contribution in [1.29, 1.82) is 0 Å². The zero-order valence-corrected chi connectivity index (χ0v) is 14.8. The van der Waals surface area contributed by atoms with E-state index >= 15 is 0 Å². The number of fused-ring (bicyclic) bond motifs is 1. The van der Waals surface area contributed by atoms with Gasteiger partial charge in [0.1, 0.15) is 0 Å². The predicted molar refractivity (Wildman–Crippen MR) is 94.3 cm³/mol. The lowest BCUT2D eigenvalue weighted by Crippen LogP contribution is -2.31. The molecule has 106 valence electrons. The van der Waals surface area contributed by atoms with Gasteiger partial charge in [-0.2, -0.15) is 0 Å². The molecule has 6 heteroatoms. The SMILES string of the molecule is Br.Br.c1ccc2sc(NCC3CCNCC3)nc2c1. The largest absolute Gasteiger partial charge is 0.361 e. The van der Waals surface area contributed by atoms with Crippen LogP contribution >= 0.6 is 45.3 Å². The molecule has 1 aliphatic heterocycles. The second kappa shape index (κ2) is 8.19. The first-order valence-corrected chi connectivity index (χ1v) is 7.03. The van der Waals surface area contributed by atoms with Crippen LogP contribution in [0.1, 0.15) is 12.8 Å². The zero-order valence-electron chi connectivity index (χ0n) is 10.6. The molecule has 1 saturated heterocycles. The summed E-state index contributed by atoms with van der Waals surface area (Å²) in [5.41, 5.74) is 1.10. The number of rotatable bonds is 3. The molecule has 1 aromatic heterocycles. The van der Waals surface area contributed by atoms with Crippen LogP contribution in [0.4, 0.5) is 5.13 Å². The highest BCUT2D eigenvalue weighted by Gasteiger charge is 2.13. The molecule has 2 aromatic rings. The van der Waals surface area contributed by atoms with Gasteiger partial charge in [-0.15, -0.1) is 34.0 Å². The van der Waals surface area contributed by atoms with Crippen molar-refractivity contribution in [2.75, 3.05) is 25.0 Å². The van der Waals surface area contributed by atoms with Crippen LogP contribution in [0.5, 0.6) is 0 Å². The normalized spacial score (nSPS) is 15.6. The number of nitrogens with zero attached hydrogens (tertiary/aromatic N) is 1. The Bertz CT molecular complexity index is 464. The average molecular weight is 409 g/mol. The molecule has 0 radical (unpaired) electrons. The maximum atomic E-state index is 4.59. The number of halogens is 2. The first-order chi connectivity index (χ1) is 8.42. The molecule has 1 fully saturated rings. The Morgan fingerprint density at radius 2 is 1.95 bits per heavy atom. The minimum absolute atomic E-state index is 0. The number of para-hydroxylation sites is 1. The van der Waals surface area contributed by atoms with E-state index in [1.54, 1.807) is 11.3 Å². The Kier molecular flexibility index (Phi) is 7.28. The van der Waals surface area contributed by atoms with E-state index in [0.717, 1.165) is 36.2 Å². The van der Waals surface area contributed by atoms with Crippen LogP contribution in [0, 0.1) is 5.92 Å². The maximum Gasteiger partial charge on any atom is 0.183 e. The topological polar surface area (TPSA) is 37.0 Å². The number of nitrogens with one attached hydrogen (secondary N) is 2. The molecule has 0 atom stereocenters. The van der Waals surface area contributed by atoms with Gasteiger partial charge in [0.2, 0.25) is 0 Å². The van der Waals surface area contributed by atoms with Crippen LogP contribution in [0.25, 0.3) is 10.2 Å². The van der Waals surface area contributed by atoms with Gasteiger partial charge in [-0.05, 0) is 44.0 Å². The van der Waals surface area contributed by atoms with E-state index in [1.807, 2.05) is 6.07 Å². The molecule has 0 amide bonds. The van der Waals surface area contributed by atoms with Gasteiger partial charge in [0.05, 0.1) is 10.2 Å². The summed E-state index contributed by atoms with van der Waals surface area (Å²) in [6, 6.07) is 8.31. The monoisotopic (exact) mass is 407 g/mol. The van der Waals surface area contributed by atoms with E-state index in [0.29, 0.717) is 0 Å². The molecular formula is C13H19Br2N3S. The summed E-state index contributed by atoms with van der Waals surface area (Å²) < 4.78 is 1.26. The maximum absolute atomic E-state index is 4.59. The Balaban J connectivity index is 0.000000902. The number of piperidine rings is 1. The van der Waals surface area contributed by atoms with Gasteiger partial charge in [-0.1, -0.05) is 23.5 Å². The number of thiazole rings is 1. The molecule has 0 aliphatic carbocycles. The third-order valence-corrected chi connectivity index (χ3v) is 4.29. The van der Waals surface area contributed by atoms with Crippen molar-refractivity contribution in [3.8, 4) is 0 Å². The standard InChI is InChI=1S/C13H17N3S.2BrH/c1-2-4-12-11(3-1)16-13(17-12)15-9-10-5-7-14-8-6-10;;/h1-4,10,14H,5-9H2,(H,15,16);2*1H. The lowest BCUT2D eigenvalue weighted by molar-refractivity contribution is 0.390. The third-order valence-electron chi connectivity index (χ3n) is 3.29. The highest BCUT2D eigenvalue weighted by Crippen LogP contribution is 2.25. The van der Waals surface area contributed by atoms with Crippen LogP contribution in [0.3, 0.4) is 0 Å². The first kappa shape index (κ1) is 16.9. The first-order valence-electron chi connectivity index (χ1n) is 6.22. The highest BCUT2D eigenvalue weighted by molar-refractivity contribution is 8.93.